The van der Waals surface area contributed by atoms with Crippen molar-refractivity contribution in [1.29, 1.82) is 0 Å². The molecule has 2 aromatic heterocycles. The normalized spacial score (nSPS) is 13.5. The van der Waals surface area contributed by atoms with Gasteiger partial charge < -0.3 is 10.1 Å². The Balaban J connectivity index is 2.75. The van der Waals surface area contributed by atoms with Crippen LogP contribution in [0, 0.1) is 6.92 Å². The summed E-state index contributed by atoms with van der Waals surface area (Å²) in [5, 5.41) is 0. The number of nitrogens with zero attached hydrogens (tertiary/aromatic N) is 2. The van der Waals surface area contributed by atoms with Gasteiger partial charge in [0.1, 0.15) is 5.65 Å². The van der Waals surface area contributed by atoms with Crippen LogP contribution in [0.3, 0.4) is 0 Å². The first-order valence-corrected chi connectivity index (χ1v) is 4.38. The van der Waals surface area contributed by atoms with Crippen molar-refractivity contribution in [3.8, 4) is 0 Å². The van der Waals surface area contributed by atoms with E-state index in [-0.39, 0.29) is 6.04 Å². The molecule has 2 N–H and O–H groups in total. The third-order valence-corrected chi connectivity index (χ3v) is 2.23. The monoisotopic (exact) mass is 175 g/mol. The van der Waals surface area contributed by atoms with E-state index < -0.39 is 0 Å². The van der Waals surface area contributed by atoms with E-state index in [4.69, 9.17) is 5.73 Å². The van der Waals surface area contributed by atoms with Crippen molar-refractivity contribution < 1.29 is 0 Å². The van der Waals surface area contributed by atoms with Gasteiger partial charge in [0.05, 0.1) is 11.9 Å². The summed E-state index contributed by atoms with van der Waals surface area (Å²) >= 11 is 0. The second kappa shape index (κ2) is 2.85. The number of hydrogen-bond acceptors (Lipinski definition) is 2. The average Bonchev–Trinajstić information content (AvgIpc) is 2.48. The van der Waals surface area contributed by atoms with E-state index >= 15 is 0 Å². The van der Waals surface area contributed by atoms with Gasteiger partial charge >= 0.3 is 0 Å². The second-order valence-corrected chi connectivity index (χ2v) is 3.36. The van der Waals surface area contributed by atoms with Crippen LogP contribution >= 0.6 is 0 Å². The van der Waals surface area contributed by atoms with Gasteiger partial charge in [-0.2, -0.15) is 0 Å². The second-order valence-electron chi connectivity index (χ2n) is 3.36. The predicted octanol–water partition coefficient (Wildman–Crippen LogP) is 1.66. The molecule has 0 aliphatic carbocycles. The summed E-state index contributed by atoms with van der Waals surface area (Å²) in [5.74, 6) is 0. The first kappa shape index (κ1) is 8.26. The maximum absolute atomic E-state index is 5.81. The smallest absolute Gasteiger partial charge is 0.139 e. The molecular formula is C10H13N3. The summed E-state index contributed by atoms with van der Waals surface area (Å²) in [6.07, 6.45) is 3.83. The van der Waals surface area contributed by atoms with Gasteiger partial charge in [-0.25, -0.2) is 4.98 Å². The highest BCUT2D eigenvalue weighted by Crippen LogP contribution is 2.14. The fourth-order valence-electron chi connectivity index (χ4n) is 1.51. The molecule has 0 amide bonds. The lowest BCUT2D eigenvalue weighted by atomic mass is 10.2. The number of nitrogens with two attached hydrogens (primary N) is 1. The zero-order chi connectivity index (χ0) is 9.42. The summed E-state index contributed by atoms with van der Waals surface area (Å²) in [6, 6.07) is 4.08. The Hall–Kier alpha value is -1.35. The van der Waals surface area contributed by atoms with Crippen molar-refractivity contribution >= 4 is 5.65 Å². The van der Waals surface area contributed by atoms with Crippen LogP contribution in [-0.2, 0) is 0 Å². The average molecular weight is 175 g/mol. The Bertz CT molecular complexity index is 429. The van der Waals surface area contributed by atoms with Gasteiger partial charge in [0.15, 0.2) is 0 Å². The first-order valence-electron chi connectivity index (χ1n) is 4.38. The van der Waals surface area contributed by atoms with Crippen LogP contribution in [0.25, 0.3) is 5.65 Å². The zero-order valence-electron chi connectivity index (χ0n) is 7.86. The van der Waals surface area contributed by atoms with Crippen LogP contribution in [-0.4, -0.2) is 9.38 Å². The van der Waals surface area contributed by atoms with E-state index in [0.29, 0.717) is 0 Å². The summed E-state index contributed by atoms with van der Waals surface area (Å²) in [5.41, 5.74) is 9.04. The molecule has 3 heteroatoms. The van der Waals surface area contributed by atoms with Crippen LogP contribution in [0.1, 0.15) is 24.2 Å². The number of pyridine rings is 1. The molecule has 0 radical (unpaired) electrons. The summed E-state index contributed by atoms with van der Waals surface area (Å²) < 4.78 is 2.04. The van der Waals surface area contributed by atoms with E-state index in [2.05, 4.69) is 4.98 Å². The standard InChI is InChI=1S/C10H13N3/c1-7-4-3-5-13-9(8(2)11)6-12-10(7)13/h3-6,8H,11H2,1-2H3. The van der Waals surface area contributed by atoms with Gasteiger partial charge in [-0.3, -0.25) is 0 Å². The van der Waals surface area contributed by atoms with Gasteiger partial charge in [0, 0.05) is 12.2 Å². The van der Waals surface area contributed by atoms with Crippen LogP contribution in [0.15, 0.2) is 24.5 Å². The van der Waals surface area contributed by atoms with Gasteiger partial charge in [0.2, 0.25) is 0 Å². The molecule has 3 nitrogen and oxygen atoms in total. The zero-order valence-corrected chi connectivity index (χ0v) is 7.86. The van der Waals surface area contributed by atoms with Gasteiger partial charge in [0.25, 0.3) is 0 Å². The number of aryl methyl sites for hydroxylation is 1. The lowest BCUT2D eigenvalue weighted by molar-refractivity contribution is 0.769. The molecule has 13 heavy (non-hydrogen) atoms. The van der Waals surface area contributed by atoms with E-state index in [1.165, 1.54) is 5.56 Å². The molecule has 0 aliphatic rings. The van der Waals surface area contributed by atoms with Crippen LogP contribution in [0.4, 0.5) is 0 Å². The van der Waals surface area contributed by atoms with Gasteiger partial charge in [-0.1, -0.05) is 6.07 Å². The fourth-order valence-corrected chi connectivity index (χ4v) is 1.51. The SMILES string of the molecule is Cc1cccn2c(C(C)N)cnc12. The molecule has 0 saturated heterocycles. The number of fused-ring (bicyclic) bond motifs is 1. The van der Waals surface area contributed by atoms with E-state index in [0.717, 1.165) is 11.3 Å². The third-order valence-electron chi connectivity index (χ3n) is 2.23. The van der Waals surface area contributed by atoms with Crippen molar-refractivity contribution in [2.45, 2.75) is 19.9 Å². The van der Waals surface area contributed by atoms with Crippen molar-refractivity contribution in [3.63, 3.8) is 0 Å². The number of rotatable bonds is 1. The topological polar surface area (TPSA) is 43.3 Å². The van der Waals surface area contributed by atoms with Gasteiger partial charge in [-0.15, -0.1) is 0 Å². The Labute approximate surface area is 77.2 Å². The Morgan fingerprint density at radius 2 is 2.31 bits per heavy atom. The Morgan fingerprint density at radius 3 is 3.00 bits per heavy atom. The fraction of sp³-hybridized carbons (Fsp3) is 0.300. The molecule has 0 aliphatic heterocycles. The number of hydrogen-bond donors (Lipinski definition) is 1. The summed E-state index contributed by atoms with van der Waals surface area (Å²) in [4.78, 5) is 4.32. The summed E-state index contributed by atoms with van der Waals surface area (Å²) in [6.45, 7) is 4.01. The minimum atomic E-state index is 0.0248. The molecule has 2 aromatic rings. The van der Waals surface area contributed by atoms with E-state index in [1.807, 2.05) is 42.8 Å². The molecule has 0 fully saturated rings. The highest BCUT2D eigenvalue weighted by atomic mass is 15.0. The lowest BCUT2D eigenvalue weighted by Gasteiger charge is -2.04. The minimum Gasteiger partial charge on any atom is -0.323 e. The molecule has 68 valence electrons. The maximum Gasteiger partial charge on any atom is 0.139 e. The third kappa shape index (κ3) is 1.21. The highest BCUT2D eigenvalue weighted by Gasteiger charge is 2.07. The van der Waals surface area contributed by atoms with E-state index in [1.54, 1.807) is 0 Å². The highest BCUT2D eigenvalue weighted by molar-refractivity contribution is 5.48. The molecule has 0 saturated carbocycles. The van der Waals surface area contributed by atoms with Crippen LogP contribution in [0.2, 0.25) is 0 Å². The van der Waals surface area contributed by atoms with E-state index in [9.17, 15) is 0 Å². The minimum absolute atomic E-state index is 0.0248. The molecule has 2 heterocycles. The molecule has 0 aromatic carbocycles. The van der Waals surface area contributed by atoms with Crippen molar-refractivity contribution in [3.05, 3.63) is 35.8 Å². The van der Waals surface area contributed by atoms with Crippen molar-refractivity contribution in [2.24, 2.45) is 5.73 Å². The molecule has 2 rings (SSSR count). The van der Waals surface area contributed by atoms with Gasteiger partial charge in [-0.05, 0) is 25.5 Å². The largest absolute Gasteiger partial charge is 0.323 e. The molecular weight excluding hydrogens is 162 g/mol. The van der Waals surface area contributed by atoms with Crippen molar-refractivity contribution in [2.75, 3.05) is 0 Å². The number of imidazole rings is 1. The van der Waals surface area contributed by atoms with Crippen LogP contribution in [0.5, 0.6) is 0 Å². The predicted molar refractivity (Wildman–Crippen MR) is 52.5 cm³/mol. The molecule has 0 bridgehead atoms. The molecule has 0 spiro atoms. The Kier molecular flexibility index (Phi) is 1.81. The maximum atomic E-state index is 5.81. The quantitative estimate of drug-likeness (QED) is 0.716. The number of aromatic nitrogens is 2. The first-order chi connectivity index (χ1) is 6.20. The van der Waals surface area contributed by atoms with Crippen LogP contribution < -0.4 is 5.73 Å². The lowest BCUT2D eigenvalue weighted by Crippen LogP contribution is -2.07. The van der Waals surface area contributed by atoms with Crippen molar-refractivity contribution in [1.82, 2.24) is 9.38 Å². The molecule has 1 unspecified atom stereocenters. The Morgan fingerprint density at radius 1 is 1.54 bits per heavy atom. The summed E-state index contributed by atoms with van der Waals surface area (Å²) in [7, 11) is 0. The molecule has 1 atom stereocenters.